The van der Waals surface area contributed by atoms with Crippen LogP contribution >= 0.6 is 0 Å². The molecule has 0 aliphatic heterocycles. The van der Waals surface area contributed by atoms with Gasteiger partial charge in [0, 0.05) is 25.0 Å². The average Bonchev–Trinajstić information content (AvgIpc) is 2.57. The van der Waals surface area contributed by atoms with Crippen LogP contribution in [0.1, 0.15) is 43.4 Å². The third-order valence-corrected chi connectivity index (χ3v) is 3.05. The van der Waals surface area contributed by atoms with Crippen molar-refractivity contribution in [3.05, 3.63) is 23.5 Å². The SMILES string of the molecule is CCOCn1cc2c(c1)C(N)CCCC2. The molecular weight excluding hydrogens is 188 g/mol. The molecule has 15 heavy (non-hydrogen) atoms. The first-order valence-corrected chi connectivity index (χ1v) is 5.83. The zero-order chi connectivity index (χ0) is 10.7. The summed E-state index contributed by atoms with van der Waals surface area (Å²) in [5, 5.41) is 0. The van der Waals surface area contributed by atoms with Gasteiger partial charge >= 0.3 is 0 Å². The highest BCUT2D eigenvalue weighted by Gasteiger charge is 2.16. The molecule has 3 heteroatoms. The van der Waals surface area contributed by atoms with Crippen LogP contribution in [0, 0.1) is 0 Å². The van der Waals surface area contributed by atoms with Crippen molar-refractivity contribution in [2.75, 3.05) is 6.61 Å². The molecule has 1 aliphatic rings. The lowest BCUT2D eigenvalue weighted by molar-refractivity contribution is 0.0879. The van der Waals surface area contributed by atoms with Gasteiger partial charge in [0.15, 0.2) is 0 Å². The Kier molecular flexibility index (Phi) is 3.44. The van der Waals surface area contributed by atoms with Gasteiger partial charge in [-0.25, -0.2) is 0 Å². The molecule has 3 nitrogen and oxygen atoms in total. The second kappa shape index (κ2) is 4.81. The molecule has 1 aromatic rings. The quantitative estimate of drug-likeness (QED) is 0.774. The Labute approximate surface area is 91.2 Å². The molecule has 0 aromatic carbocycles. The summed E-state index contributed by atoms with van der Waals surface area (Å²) >= 11 is 0. The normalized spacial score (nSPS) is 21.1. The van der Waals surface area contributed by atoms with E-state index in [4.69, 9.17) is 10.5 Å². The third-order valence-electron chi connectivity index (χ3n) is 3.05. The van der Waals surface area contributed by atoms with Crippen LogP contribution in [0.3, 0.4) is 0 Å². The van der Waals surface area contributed by atoms with Gasteiger partial charge in [-0.05, 0) is 37.3 Å². The number of hydrogen-bond donors (Lipinski definition) is 1. The summed E-state index contributed by atoms with van der Waals surface area (Å²) in [6, 6.07) is 0.227. The van der Waals surface area contributed by atoms with Crippen molar-refractivity contribution in [2.24, 2.45) is 5.73 Å². The number of nitrogens with two attached hydrogens (primary N) is 1. The van der Waals surface area contributed by atoms with E-state index in [9.17, 15) is 0 Å². The van der Waals surface area contributed by atoms with Gasteiger partial charge in [0.2, 0.25) is 0 Å². The van der Waals surface area contributed by atoms with Crippen molar-refractivity contribution in [1.29, 1.82) is 0 Å². The number of nitrogens with zero attached hydrogens (tertiary/aromatic N) is 1. The average molecular weight is 208 g/mol. The van der Waals surface area contributed by atoms with Crippen LogP contribution in [0.25, 0.3) is 0 Å². The standard InChI is InChI=1S/C12H20N2O/c1-2-15-9-14-7-10-5-3-4-6-12(13)11(10)8-14/h7-8,12H,2-6,9,13H2,1H3. The van der Waals surface area contributed by atoms with E-state index in [1.54, 1.807) is 0 Å². The number of rotatable bonds is 3. The molecule has 0 amide bonds. The molecule has 1 aromatic heterocycles. The third kappa shape index (κ3) is 2.41. The minimum atomic E-state index is 0.227. The second-order valence-corrected chi connectivity index (χ2v) is 4.23. The number of hydrogen-bond acceptors (Lipinski definition) is 2. The van der Waals surface area contributed by atoms with Crippen molar-refractivity contribution in [1.82, 2.24) is 4.57 Å². The molecule has 1 heterocycles. The predicted octanol–water partition coefficient (Wildman–Crippen LogP) is 2.21. The zero-order valence-electron chi connectivity index (χ0n) is 9.41. The highest BCUT2D eigenvalue weighted by molar-refractivity contribution is 5.28. The fourth-order valence-electron chi connectivity index (χ4n) is 2.22. The van der Waals surface area contributed by atoms with Crippen LogP contribution in [0.5, 0.6) is 0 Å². The van der Waals surface area contributed by atoms with Crippen molar-refractivity contribution >= 4 is 0 Å². The van der Waals surface area contributed by atoms with Crippen LogP contribution in [0.15, 0.2) is 12.4 Å². The number of fused-ring (bicyclic) bond motifs is 1. The molecule has 2 N–H and O–H groups in total. The lowest BCUT2D eigenvalue weighted by Gasteiger charge is -2.07. The van der Waals surface area contributed by atoms with Crippen LogP contribution in [0.4, 0.5) is 0 Å². The van der Waals surface area contributed by atoms with E-state index in [0.29, 0.717) is 6.73 Å². The minimum Gasteiger partial charge on any atom is -0.361 e. The maximum absolute atomic E-state index is 6.13. The second-order valence-electron chi connectivity index (χ2n) is 4.23. The summed E-state index contributed by atoms with van der Waals surface area (Å²) in [4.78, 5) is 0. The molecule has 2 rings (SSSR count). The van der Waals surface area contributed by atoms with Crippen molar-refractivity contribution in [3.63, 3.8) is 0 Å². The van der Waals surface area contributed by atoms with E-state index in [0.717, 1.165) is 13.0 Å². The Bertz CT molecular complexity index is 319. The van der Waals surface area contributed by atoms with E-state index in [2.05, 4.69) is 17.0 Å². The van der Waals surface area contributed by atoms with Gasteiger partial charge in [-0.2, -0.15) is 0 Å². The molecule has 0 spiro atoms. The number of aromatic nitrogens is 1. The van der Waals surface area contributed by atoms with Crippen molar-refractivity contribution in [2.45, 2.75) is 45.4 Å². The summed E-state index contributed by atoms with van der Waals surface area (Å²) < 4.78 is 7.50. The molecule has 0 bridgehead atoms. The molecule has 0 radical (unpaired) electrons. The number of ether oxygens (including phenoxy) is 1. The largest absolute Gasteiger partial charge is 0.361 e. The van der Waals surface area contributed by atoms with Gasteiger partial charge in [0.05, 0.1) is 0 Å². The van der Waals surface area contributed by atoms with Gasteiger partial charge < -0.3 is 15.0 Å². The Morgan fingerprint density at radius 1 is 1.47 bits per heavy atom. The van der Waals surface area contributed by atoms with Gasteiger partial charge in [-0.3, -0.25) is 0 Å². The van der Waals surface area contributed by atoms with Crippen LogP contribution in [-0.2, 0) is 17.9 Å². The first-order chi connectivity index (χ1) is 7.31. The maximum atomic E-state index is 6.13. The predicted molar refractivity (Wildman–Crippen MR) is 60.5 cm³/mol. The fourth-order valence-corrected chi connectivity index (χ4v) is 2.22. The summed E-state index contributed by atoms with van der Waals surface area (Å²) in [6.45, 7) is 3.42. The van der Waals surface area contributed by atoms with E-state index < -0.39 is 0 Å². The topological polar surface area (TPSA) is 40.2 Å². The monoisotopic (exact) mass is 208 g/mol. The maximum Gasteiger partial charge on any atom is 0.122 e. The summed E-state index contributed by atoms with van der Waals surface area (Å²) in [6.07, 6.45) is 9.14. The molecule has 0 saturated carbocycles. The smallest absolute Gasteiger partial charge is 0.122 e. The highest BCUT2D eigenvalue weighted by atomic mass is 16.5. The van der Waals surface area contributed by atoms with Gasteiger partial charge in [0.1, 0.15) is 6.73 Å². The molecule has 0 fully saturated rings. The Balaban J connectivity index is 2.14. The minimum absolute atomic E-state index is 0.227. The van der Waals surface area contributed by atoms with E-state index in [-0.39, 0.29) is 6.04 Å². The summed E-state index contributed by atoms with van der Waals surface area (Å²) in [5.41, 5.74) is 8.88. The first kappa shape index (κ1) is 10.7. The van der Waals surface area contributed by atoms with Crippen LogP contribution < -0.4 is 5.73 Å². The van der Waals surface area contributed by atoms with Crippen LogP contribution in [-0.4, -0.2) is 11.2 Å². The Hall–Kier alpha value is -0.800. The van der Waals surface area contributed by atoms with E-state index >= 15 is 0 Å². The Morgan fingerprint density at radius 3 is 3.13 bits per heavy atom. The Morgan fingerprint density at radius 2 is 2.33 bits per heavy atom. The molecule has 1 aliphatic carbocycles. The van der Waals surface area contributed by atoms with E-state index in [1.165, 1.54) is 30.4 Å². The fraction of sp³-hybridized carbons (Fsp3) is 0.667. The highest BCUT2D eigenvalue weighted by Crippen LogP contribution is 2.27. The lowest BCUT2D eigenvalue weighted by atomic mass is 10.1. The molecule has 1 unspecified atom stereocenters. The van der Waals surface area contributed by atoms with E-state index in [1.807, 2.05) is 6.92 Å². The molecular formula is C12H20N2O. The van der Waals surface area contributed by atoms with Crippen molar-refractivity contribution in [3.8, 4) is 0 Å². The molecule has 0 saturated heterocycles. The molecule has 84 valence electrons. The molecule has 1 atom stereocenters. The first-order valence-electron chi connectivity index (χ1n) is 5.83. The van der Waals surface area contributed by atoms with Gasteiger partial charge in [0.25, 0.3) is 0 Å². The zero-order valence-corrected chi connectivity index (χ0v) is 9.41. The van der Waals surface area contributed by atoms with Gasteiger partial charge in [-0.1, -0.05) is 6.42 Å². The summed E-state index contributed by atoms with van der Waals surface area (Å²) in [5.74, 6) is 0. The summed E-state index contributed by atoms with van der Waals surface area (Å²) in [7, 11) is 0. The van der Waals surface area contributed by atoms with Gasteiger partial charge in [-0.15, -0.1) is 0 Å². The number of aryl methyl sites for hydroxylation is 1. The van der Waals surface area contributed by atoms with Crippen molar-refractivity contribution < 1.29 is 4.74 Å². The lowest BCUT2D eigenvalue weighted by Crippen LogP contribution is -2.09. The van der Waals surface area contributed by atoms with Crippen LogP contribution in [0.2, 0.25) is 0 Å².